The molecule has 2 aromatic rings. The summed E-state index contributed by atoms with van der Waals surface area (Å²) in [5.41, 5.74) is 6.44. The first kappa shape index (κ1) is 41.0. The maximum Gasteiger partial charge on any atom is 0.333 e. The van der Waals surface area contributed by atoms with E-state index in [9.17, 15) is 15.0 Å². The molecule has 51 heavy (non-hydrogen) atoms. The molecule has 4 rings (SSSR count). The van der Waals surface area contributed by atoms with Crippen LogP contribution in [0.1, 0.15) is 163 Å². The summed E-state index contributed by atoms with van der Waals surface area (Å²) in [6.45, 7) is 11.7. The molecule has 2 atom stereocenters. The van der Waals surface area contributed by atoms with E-state index in [-0.39, 0.29) is 18.1 Å². The summed E-state index contributed by atoms with van der Waals surface area (Å²) in [6.07, 6.45) is 21.1. The highest BCUT2D eigenvalue weighted by Crippen LogP contribution is 2.41. The largest absolute Gasteiger partial charge is 0.462 e. The molecule has 0 heterocycles. The minimum absolute atomic E-state index is 0.263. The monoisotopic (exact) mass is 701 g/mol. The van der Waals surface area contributed by atoms with E-state index < -0.39 is 6.29 Å². The van der Waals surface area contributed by atoms with Gasteiger partial charge in [0.1, 0.15) is 0 Å². The average Bonchev–Trinajstić information content (AvgIpc) is 3.16. The van der Waals surface area contributed by atoms with Crippen molar-refractivity contribution in [2.45, 2.75) is 153 Å². The van der Waals surface area contributed by atoms with Crippen molar-refractivity contribution in [3.63, 3.8) is 0 Å². The molecule has 2 fully saturated rings. The summed E-state index contributed by atoms with van der Waals surface area (Å²) in [5, 5.41) is 19.1. The lowest BCUT2D eigenvalue weighted by Crippen LogP contribution is -2.17. The summed E-state index contributed by atoms with van der Waals surface area (Å²) in [6, 6.07) is 18.9. The number of benzene rings is 2. The minimum atomic E-state index is -1.15. The Hall–Kier alpha value is -2.73. The minimum Gasteiger partial charge on any atom is -0.462 e. The molecule has 0 spiro atoms. The van der Waals surface area contributed by atoms with E-state index in [0.29, 0.717) is 36.5 Å². The molecule has 0 aliphatic heterocycles. The van der Waals surface area contributed by atoms with Crippen molar-refractivity contribution in [1.82, 2.24) is 0 Å². The standard InChI is InChI=1S/C46H68O5/c1-5-6-7-10-36-13-15-37(16-14-36)17-18-38-19-21-40(22-20-38)42-27-29-44(30-28-42)43-25-23-41(24-26-43)39(11-8-31-50-45(48)34(2)3)12-9-32-51-46(49)35(4)33-47/h19-26,36-37,39,42,44,46-47,49H,2,4-18,27-33H2,1,3H3. The van der Waals surface area contributed by atoms with Gasteiger partial charge >= 0.3 is 5.97 Å². The van der Waals surface area contributed by atoms with Gasteiger partial charge in [-0.05, 0) is 123 Å². The highest BCUT2D eigenvalue weighted by molar-refractivity contribution is 5.86. The van der Waals surface area contributed by atoms with Crippen LogP contribution in [-0.4, -0.2) is 42.3 Å². The molecule has 2 unspecified atom stereocenters. The summed E-state index contributed by atoms with van der Waals surface area (Å²) >= 11 is 0. The fourth-order valence-electron chi connectivity index (χ4n) is 8.44. The van der Waals surface area contributed by atoms with Gasteiger partial charge in [0.25, 0.3) is 0 Å². The summed E-state index contributed by atoms with van der Waals surface area (Å²) < 4.78 is 10.8. The van der Waals surface area contributed by atoms with Crippen LogP contribution < -0.4 is 0 Å². The number of hydrogen-bond acceptors (Lipinski definition) is 5. The highest BCUT2D eigenvalue weighted by Gasteiger charge is 2.25. The van der Waals surface area contributed by atoms with Crippen LogP contribution >= 0.6 is 0 Å². The van der Waals surface area contributed by atoms with Gasteiger partial charge in [0.2, 0.25) is 0 Å². The van der Waals surface area contributed by atoms with Crippen molar-refractivity contribution >= 4 is 5.97 Å². The second-order valence-corrected chi connectivity index (χ2v) is 15.8. The van der Waals surface area contributed by atoms with Gasteiger partial charge < -0.3 is 19.7 Å². The number of hydrogen-bond donors (Lipinski definition) is 2. The van der Waals surface area contributed by atoms with E-state index in [1.165, 1.54) is 112 Å². The zero-order valence-electron chi connectivity index (χ0n) is 32.0. The van der Waals surface area contributed by atoms with E-state index in [0.717, 1.165) is 37.5 Å². The normalized spacial score (nSPS) is 21.9. The summed E-state index contributed by atoms with van der Waals surface area (Å²) in [7, 11) is 0. The Labute approximate surface area is 309 Å². The molecule has 0 radical (unpaired) electrons. The molecule has 2 aliphatic carbocycles. The molecule has 2 aromatic carbocycles. The van der Waals surface area contributed by atoms with Crippen LogP contribution in [0.25, 0.3) is 0 Å². The van der Waals surface area contributed by atoms with Gasteiger partial charge in [-0.3, -0.25) is 0 Å². The number of rotatable bonds is 22. The van der Waals surface area contributed by atoms with Gasteiger partial charge in [0.05, 0.1) is 19.8 Å². The molecule has 0 saturated heterocycles. The number of carbonyl (C=O) groups is 1. The van der Waals surface area contributed by atoms with Crippen LogP contribution in [0.3, 0.4) is 0 Å². The quantitative estimate of drug-likeness (QED) is 0.0420. The van der Waals surface area contributed by atoms with Gasteiger partial charge in [-0.15, -0.1) is 0 Å². The smallest absolute Gasteiger partial charge is 0.333 e. The van der Waals surface area contributed by atoms with Crippen molar-refractivity contribution in [3.8, 4) is 0 Å². The number of unbranched alkanes of at least 4 members (excludes halogenated alkanes) is 2. The molecule has 0 amide bonds. The first-order valence-corrected chi connectivity index (χ1v) is 20.4. The molecule has 2 aliphatic rings. The van der Waals surface area contributed by atoms with E-state index in [1.54, 1.807) is 6.92 Å². The number of aliphatic hydroxyl groups excluding tert-OH is 2. The predicted molar refractivity (Wildman–Crippen MR) is 210 cm³/mol. The maximum atomic E-state index is 11.8. The fraction of sp³-hybridized carbons (Fsp3) is 0.630. The molecule has 0 bridgehead atoms. The lowest BCUT2D eigenvalue weighted by atomic mass is 9.75. The lowest BCUT2D eigenvalue weighted by Gasteiger charge is -2.30. The summed E-state index contributed by atoms with van der Waals surface area (Å²) in [5.74, 6) is 3.14. The van der Waals surface area contributed by atoms with Crippen molar-refractivity contribution < 1.29 is 24.5 Å². The number of ether oxygens (including phenoxy) is 2. The molecule has 5 nitrogen and oxygen atoms in total. The Morgan fingerprint density at radius 1 is 0.765 bits per heavy atom. The SMILES string of the molecule is C=C(C)C(=O)OCCCC(CCCOC(O)C(=C)CO)c1ccc(C2CCC(c3ccc(CCC4CCC(CCCCC)CC4)cc3)CC2)cc1. The molecular formula is C46H68O5. The first-order chi connectivity index (χ1) is 24.8. The van der Waals surface area contributed by atoms with E-state index >= 15 is 0 Å². The zero-order valence-corrected chi connectivity index (χ0v) is 32.0. The van der Waals surface area contributed by atoms with Gasteiger partial charge in [-0.1, -0.05) is 120 Å². The first-order valence-electron chi connectivity index (χ1n) is 20.4. The zero-order chi connectivity index (χ0) is 36.4. The Morgan fingerprint density at radius 2 is 1.31 bits per heavy atom. The van der Waals surface area contributed by atoms with Crippen molar-refractivity contribution in [2.24, 2.45) is 11.8 Å². The fourth-order valence-corrected chi connectivity index (χ4v) is 8.44. The van der Waals surface area contributed by atoms with E-state index in [2.05, 4.69) is 68.6 Å². The topological polar surface area (TPSA) is 76.0 Å². The number of esters is 1. The molecule has 2 saturated carbocycles. The predicted octanol–water partition coefficient (Wildman–Crippen LogP) is 11.1. The Balaban J connectivity index is 1.22. The number of aryl methyl sites for hydroxylation is 1. The lowest BCUT2D eigenvalue weighted by molar-refractivity contribution is -0.139. The second-order valence-electron chi connectivity index (χ2n) is 15.8. The van der Waals surface area contributed by atoms with Crippen molar-refractivity contribution in [2.75, 3.05) is 19.8 Å². The van der Waals surface area contributed by atoms with Crippen LogP contribution in [0, 0.1) is 11.8 Å². The molecule has 0 aromatic heterocycles. The van der Waals surface area contributed by atoms with Crippen LogP contribution in [0.2, 0.25) is 0 Å². The Kier molecular flexibility index (Phi) is 18.0. The molecular weight excluding hydrogens is 633 g/mol. The molecule has 5 heteroatoms. The van der Waals surface area contributed by atoms with Crippen LogP contribution in [0.15, 0.2) is 72.8 Å². The van der Waals surface area contributed by atoms with Gasteiger partial charge in [0, 0.05) is 11.1 Å². The van der Waals surface area contributed by atoms with E-state index in [1.807, 2.05) is 0 Å². The Bertz CT molecular complexity index is 1300. The van der Waals surface area contributed by atoms with Crippen LogP contribution in [0.5, 0.6) is 0 Å². The molecule has 282 valence electrons. The molecule has 2 N–H and O–H groups in total. The van der Waals surface area contributed by atoms with Gasteiger partial charge in [0.15, 0.2) is 6.29 Å². The third kappa shape index (κ3) is 14.0. The third-order valence-electron chi connectivity index (χ3n) is 11.9. The van der Waals surface area contributed by atoms with Crippen molar-refractivity contribution in [1.29, 1.82) is 0 Å². The van der Waals surface area contributed by atoms with Crippen molar-refractivity contribution in [3.05, 3.63) is 95.1 Å². The van der Waals surface area contributed by atoms with Gasteiger partial charge in [-0.25, -0.2) is 4.79 Å². The second kappa shape index (κ2) is 22.4. The highest BCUT2D eigenvalue weighted by atomic mass is 16.6. The van der Waals surface area contributed by atoms with Crippen LogP contribution in [-0.2, 0) is 20.7 Å². The summed E-state index contributed by atoms with van der Waals surface area (Å²) in [4.78, 5) is 11.8. The Morgan fingerprint density at radius 3 is 1.86 bits per heavy atom. The third-order valence-corrected chi connectivity index (χ3v) is 11.9. The maximum absolute atomic E-state index is 11.8. The van der Waals surface area contributed by atoms with Crippen LogP contribution in [0.4, 0.5) is 0 Å². The average molecular weight is 701 g/mol. The number of aliphatic hydroxyl groups is 2. The number of carbonyl (C=O) groups excluding carboxylic acids is 1. The van der Waals surface area contributed by atoms with Gasteiger partial charge in [-0.2, -0.15) is 0 Å². The van der Waals surface area contributed by atoms with E-state index in [4.69, 9.17) is 9.47 Å².